The standard InChI is InChI=1S/C17H24N4O/c1-11-6-7-13(12(2)8-11)21-15(19-16(22)10-18)9-14(20-21)17(3,4)5/h6-9H,10,18H2,1-5H3,(H,19,22). The van der Waals surface area contributed by atoms with Crippen molar-refractivity contribution in [2.45, 2.75) is 40.0 Å². The SMILES string of the molecule is Cc1ccc(-n2nc(C(C)(C)C)cc2NC(=O)CN)c(C)c1. The maximum absolute atomic E-state index is 11.7. The van der Waals surface area contributed by atoms with E-state index in [1.807, 2.05) is 25.1 Å². The van der Waals surface area contributed by atoms with Gasteiger partial charge in [0.2, 0.25) is 5.91 Å². The molecule has 5 nitrogen and oxygen atoms in total. The largest absolute Gasteiger partial charge is 0.322 e. The van der Waals surface area contributed by atoms with Gasteiger partial charge in [-0.15, -0.1) is 0 Å². The first-order chi connectivity index (χ1) is 10.2. The summed E-state index contributed by atoms with van der Waals surface area (Å²) >= 11 is 0. The first kappa shape index (κ1) is 16.2. The molecule has 2 rings (SSSR count). The average Bonchev–Trinajstić information content (AvgIpc) is 2.82. The van der Waals surface area contributed by atoms with Crippen LogP contribution in [0.15, 0.2) is 24.3 Å². The van der Waals surface area contributed by atoms with Gasteiger partial charge in [-0.05, 0) is 25.5 Å². The van der Waals surface area contributed by atoms with Gasteiger partial charge in [0.25, 0.3) is 0 Å². The number of amides is 1. The number of aromatic nitrogens is 2. The van der Waals surface area contributed by atoms with Gasteiger partial charge in [-0.25, -0.2) is 4.68 Å². The van der Waals surface area contributed by atoms with E-state index in [1.165, 1.54) is 5.56 Å². The molecule has 0 spiro atoms. The maximum Gasteiger partial charge on any atom is 0.239 e. The lowest BCUT2D eigenvalue weighted by Crippen LogP contribution is -2.23. The number of aryl methyl sites for hydroxylation is 2. The number of hydrogen-bond acceptors (Lipinski definition) is 3. The summed E-state index contributed by atoms with van der Waals surface area (Å²) in [6, 6.07) is 8.06. The Kier molecular flexibility index (Phi) is 4.37. The average molecular weight is 300 g/mol. The van der Waals surface area contributed by atoms with Gasteiger partial charge in [-0.2, -0.15) is 5.10 Å². The first-order valence-electron chi connectivity index (χ1n) is 7.40. The molecule has 3 N–H and O–H groups in total. The quantitative estimate of drug-likeness (QED) is 0.915. The second-order valence-electron chi connectivity index (χ2n) is 6.62. The normalized spacial score (nSPS) is 11.5. The van der Waals surface area contributed by atoms with Gasteiger partial charge in [-0.1, -0.05) is 38.5 Å². The topological polar surface area (TPSA) is 72.9 Å². The monoisotopic (exact) mass is 300 g/mol. The van der Waals surface area contributed by atoms with Gasteiger partial charge < -0.3 is 11.1 Å². The maximum atomic E-state index is 11.7. The smallest absolute Gasteiger partial charge is 0.239 e. The number of anilines is 1. The van der Waals surface area contributed by atoms with E-state index in [-0.39, 0.29) is 17.9 Å². The Morgan fingerprint density at radius 1 is 1.27 bits per heavy atom. The fourth-order valence-electron chi connectivity index (χ4n) is 2.26. The van der Waals surface area contributed by atoms with Crippen molar-refractivity contribution in [3.05, 3.63) is 41.1 Å². The molecule has 0 aliphatic rings. The zero-order chi connectivity index (χ0) is 16.5. The molecule has 0 radical (unpaired) electrons. The Balaban J connectivity index is 2.57. The Bertz CT molecular complexity index is 695. The molecule has 1 heterocycles. The molecule has 0 saturated heterocycles. The summed E-state index contributed by atoms with van der Waals surface area (Å²) in [6.07, 6.45) is 0. The molecule has 5 heteroatoms. The van der Waals surface area contributed by atoms with Crippen LogP contribution in [0.3, 0.4) is 0 Å². The number of nitrogens with one attached hydrogen (secondary N) is 1. The van der Waals surface area contributed by atoms with Gasteiger partial charge in [0, 0.05) is 11.5 Å². The summed E-state index contributed by atoms with van der Waals surface area (Å²) in [7, 11) is 0. The molecule has 0 aliphatic carbocycles. The zero-order valence-corrected chi connectivity index (χ0v) is 13.9. The van der Waals surface area contributed by atoms with E-state index in [4.69, 9.17) is 10.8 Å². The lowest BCUT2D eigenvalue weighted by atomic mass is 9.92. The molecule has 0 atom stereocenters. The van der Waals surface area contributed by atoms with Crippen LogP contribution in [0.1, 0.15) is 37.6 Å². The number of nitrogens with two attached hydrogens (primary N) is 1. The summed E-state index contributed by atoms with van der Waals surface area (Å²) in [6.45, 7) is 10.3. The number of carbonyl (C=O) groups excluding carboxylic acids is 1. The fraction of sp³-hybridized carbons (Fsp3) is 0.412. The van der Waals surface area contributed by atoms with Crippen molar-refractivity contribution in [3.8, 4) is 5.69 Å². The van der Waals surface area contributed by atoms with Crippen molar-refractivity contribution < 1.29 is 4.79 Å². The highest BCUT2D eigenvalue weighted by Crippen LogP contribution is 2.27. The molecular weight excluding hydrogens is 276 g/mol. The van der Waals surface area contributed by atoms with E-state index in [0.717, 1.165) is 16.9 Å². The summed E-state index contributed by atoms with van der Waals surface area (Å²) in [4.78, 5) is 11.7. The first-order valence-corrected chi connectivity index (χ1v) is 7.40. The van der Waals surface area contributed by atoms with Gasteiger partial charge in [-0.3, -0.25) is 4.79 Å². The Hall–Kier alpha value is -2.14. The number of benzene rings is 1. The van der Waals surface area contributed by atoms with Crippen molar-refractivity contribution >= 4 is 11.7 Å². The Labute approximate surface area is 131 Å². The van der Waals surface area contributed by atoms with E-state index in [1.54, 1.807) is 4.68 Å². The Morgan fingerprint density at radius 3 is 2.50 bits per heavy atom. The van der Waals surface area contributed by atoms with Crippen LogP contribution in [-0.4, -0.2) is 22.2 Å². The molecule has 22 heavy (non-hydrogen) atoms. The number of hydrogen-bond donors (Lipinski definition) is 2. The van der Waals surface area contributed by atoms with Crippen LogP contribution in [0.5, 0.6) is 0 Å². The van der Waals surface area contributed by atoms with Crippen LogP contribution < -0.4 is 11.1 Å². The highest BCUT2D eigenvalue weighted by molar-refractivity contribution is 5.91. The fourth-order valence-corrected chi connectivity index (χ4v) is 2.26. The highest BCUT2D eigenvalue weighted by Gasteiger charge is 2.21. The zero-order valence-electron chi connectivity index (χ0n) is 13.9. The molecule has 0 bridgehead atoms. The van der Waals surface area contributed by atoms with Gasteiger partial charge in [0.15, 0.2) is 0 Å². The lowest BCUT2D eigenvalue weighted by molar-refractivity contribution is -0.114. The van der Waals surface area contributed by atoms with E-state index >= 15 is 0 Å². The summed E-state index contributed by atoms with van der Waals surface area (Å²) in [5.74, 6) is 0.415. The minimum Gasteiger partial charge on any atom is -0.322 e. The molecule has 1 amide bonds. The van der Waals surface area contributed by atoms with Crippen molar-refractivity contribution in [3.63, 3.8) is 0 Å². The molecule has 0 fully saturated rings. The predicted molar refractivity (Wildman–Crippen MR) is 89.4 cm³/mol. The number of rotatable bonds is 3. The molecular formula is C17H24N4O. The second-order valence-corrected chi connectivity index (χ2v) is 6.62. The molecule has 2 aromatic rings. The lowest BCUT2D eigenvalue weighted by Gasteiger charge is -2.14. The van der Waals surface area contributed by atoms with E-state index in [9.17, 15) is 4.79 Å². The third-order valence-corrected chi connectivity index (χ3v) is 3.51. The van der Waals surface area contributed by atoms with Gasteiger partial charge >= 0.3 is 0 Å². The molecule has 0 aliphatic heterocycles. The van der Waals surface area contributed by atoms with Gasteiger partial charge in [0.05, 0.1) is 17.9 Å². The third kappa shape index (κ3) is 3.36. The third-order valence-electron chi connectivity index (χ3n) is 3.51. The van der Waals surface area contributed by atoms with Crippen LogP contribution >= 0.6 is 0 Å². The second kappa shape index (κ2) is 5.93. The highest BCUT2D eigenvalue weighted by atomic mass is 16.1. The molecule has 0 saturated carbocycles. The van der Waals surface area contributed by atoms with Crippen molar-refractivity contribution in [1.82, 2.24) is 9.78 Å². The van der Waals surface area contributed by atoms with Crippen molar-refractivity contribution in [1.29, 1.82) is 0 Å². The van der Waals surface area contributed by atoms with E-state index < -0.39 is 0 Å². The Morgan fingerprint density at radius 2 is 1.95 bits per heavy atom. The van der Waals surface area contributed by atoms with Gasteiger partial charge in [0.1, 0.15) is 5.82 Å². The number of nitrogens with zero attached hydrogens (tertiary/aromatic N) is 2. The van der Waals surface area contributed by atoms with Crippen LogP contribution in [0.25, 0.3) is 5.69 Å². The molecule has 0 unspecified atom stereocenters. The molecule has 118 valence electrons. The van der Waals surface area contributed by atoms with E-state index in [2.05, 4.69) is 39.1 Å². The van der Waals surface area contributed by atoms with Crippen LogP contribution in [-0.2, 0) is 10.2 Å². The van der Waals surface area contributed by atoms with Crippen molar-refractivity contribution in [2.75, 3.05) is 11.9 Å². The minimum absolute atomic E-state index is 0.0527. The summed E-state index contributed by atoms with van der Waals surface area (Å²) in [5, 5.41) is 7.52. The minimum atomic E-state index is -0.230. The summed E-state index contributed by atoms with van der Waals surface area (Å²) < 4.78 is 1.78. The predicted octanol–water partition coefficient (Wildman–Crippen LogP) is 2.68. The van der Waals surface area contributed by atoms with Crippen LogP contribution in [0.2, 0.25) is 0 Å². The van der Waals surface area contributed by atoms with E-state index in [0.29, 0.717) is 5.82 Å². The number of carbonyl (C=O) groups is 1. The van der Waals surface area contributed by atoms with Crippen LogP contribution in [0, 0.1) is 13.8 Å². The van der Waals surface area contributed by atoms with Crippen molar-refractivity contribution in [2.24, 2.45) is 5.73 Å². The summed E-state index contributed by atoms with van der Waals surface area (Å²) in [5.41, 5.74) is 9.47. The molecule has 1 aromatic heterocycles. The molecule has 1 aromatic carbocycles. The van der Waals surface area contributed by atoms with Crippen LogP contribution in [0.4, 0.5) is 5.82 Å².